The van der Waals surface area contributed by atoms with Crippen LogP contribution in [0.5, 0.6) is 0 Å². The first kappa shape index (κ1) is 11.3. The lowest BCUT2D eigenvalue weighted by Crippen LogP contribution is -2.26. The molecule has 2 N–H and O–H groups in total. The normalized spacial score (nSPS) is 26.6. The summed E-state index contributed by atoms with van der Waals surface area (Å²) in [4.78, 5) is 0. The summed E-state index contributed by atoms with van der Waals surface area (Å²) in [7, 11) is 0. The van der Waals surface area contributed by atoms with Crippen LogP contribution in [-0.4, -0.2) is 6.61 Å². The lowest BCUT2D eigenvalue weighted by Gasteiger charge is -2.35. The van der Waals surface area contributed by atoms with Gasteiger partial charge in [-0.1, -0.05) is 39.8 Å². The lowest BCUT2D eigenvalue weighted by atomic mass is 9.76. The second-order valence-electron chi connectivity index (χ2n) is 6.01. The van der Waals surface area contributed by atoms with Crippen molar-refractivity contribution in [2.24, 2.45) is 16.6 Å². The van der Waals surface area contributed by atoms with Gasteiger partial charge in [-0.2, -0.15) is 0 Å². The van der Waals surface area contributed by atoms with E-state index in [0.717, 1.165) is 24.5 Å². The molecule has 2 heteroatoms. The number of fused-ring (bicyclic) bond motifs is 1. The van der Waals surface area contributed by atoms with Gasteiger partial charge < -0.3 is 10.5 Å². The van der Waals surface area contributed by atoms with E-state index in [9.17, 15) is 0 Å². The minimum atomic E-state index is -0.00433. The van der Waals surface area contributed by atoms with Gasteiger partial charge >= 0.3 is 0 Å². The van der Waals surface area contributed by atoms with E-state index in [-0.39, 0.29) is 10.8 Å². The third kappa shape index (κ3) is 2.01. The Balaban J connectivity index is 2.53. The molecule has 1 heterocycles. The van der Waals surface area contributed by atoms with Crippen molar-refractivity contribution < 1.29 is 4.74 Å². The highest BCUT2D eigenvalue weighted by molar-refractivity contribution is 5.42. The van der Waals surface area contributed by atoms with E-state index < -0.39 is 0 Å². The zero-order chi connectivity index (χ0) is 12.0. The zero-order valence-corrected chi connectivity index (χ0v) is 10.6. The Morgan fingerprint density at radius 2 is 1.88 bits per heavy atom. The summed E-state index contributed by atoms with van der Waals surface area (Å²) < 4.78 is 5.73. The second-order valence-corrected chi connectivity index (χ2v) is 6.01. The van der Waals surface area contributed by atoms with Gasteiger partial charge in [-0.15, -0.1) is 0 Å². The largest absolute Gasteiger partial charge is 0.493 e. The van der Waals surface area contributed by atoms with Crippen LogP contribution in [0.2, 0.25) is 0 Å². The Bertz CT molecular complexity index is 397. The fourth-order valence-electron chi connectivity index (χ4n) is 2.38. The van der Waals surface area contributed by atoms with Gasteiger partial charge in [0.2, 0.25) is 0 Å². The smallest absolute Gasteiger partial charge is 0.124 e. The molecule has 0 unspecified atom stereocenters. The van der Waals surface area contributed by atoms with Crippen molar-refractivity contribution in [3.05, 3.63) is 35.3 Å². The van der Waals surface area contributed by atoms with Crippen molar-refractivity contribution in [2.75, 3.05) is 6.61 Å². The Kier molecular flexibility index (Phi) is 2.41. The Morgan fingerprint density at radius 1 is 1.19 bits per heavy atom. The van der Waals surface area contributed by atoms with Crippen LogP contribution in [0.25, 0.3) is 0 Å². The van der Waals surface area contributed by atoms with Crippen LogP contribution >= 0.6 is 0 Å². The summed E-state index contributed by atoms with van der Waals surface area (Å²) in [5, 5.41) is 0. The molecule has 0 aromatic carbocycles. The van der Waals surface area contributed by atoms with E-state index in [4.69, 9.17) is 10.5 Å². The zero-order valence-electron chi connectivity index (χ0n) is 10.6. The van der Waals surface area contributed by atoms with Crippen LogP contribution in [0.1, 0.15) is 34.1 Å². The van der Waals surface area contributed by atoms with Crippen LogP contribution in [0.3, 0.4) is 0 Å². The number of hydrogen-bond donors (Lipinski definition) is 1. The van der Waals surface area contributed by atoms with Gasteiger partial charge in [0.05, 0.1) is 6.61 Å². The summed E-state index contributed by atoms with van der Waals surface area (Å²) in [6.07, 6.45) is 7.40. The predicted molar refractivity (Wildman–Crippen MR) is 66.6 cm³/mol. The van der Waals surface area contributed by atoms with E-state index in [2.05, 4.69) is 39.8 Å². The first-order valence-corrected chi connectivity index (χ1v) is 5.87. The van der Waals surface area contributed by atoms with Crippen LogP contribution in [-0.2, 0) is 4.74 Å². The van der Waals surface area contributed by atoms with E-state index in [1.165, 1.54) is 5.57 Å². The predicted octanol–water partition coefficient (Wildman–Crippen LogP) is 3.13. The van der Waals surface area contributed by atoms with Crippen molar-refractivity contribution in [3.8, 4) is 0 Å². The van der Waals surface area contributed by atoms with Crippen molar-refractivity contribution >= 4 is 0 Å². The molecule has 0 atom stereocenters. The van der Waals surface area contributed by atoms with Gasteiger partial charge in [-0.3, -0.25) is 0 Å². The number of nitrogens with two attached hydrogens (primary N) is 1. The molecule has 1 saturated heterocycles. The van der Waals surface area contributed by atoms with Crippen molar-refractivity contribution in [1.29, 1.82) is 0 Å². The molecule has 0 bridgehead atoms. The third-order valence-corrected chi connectivity index (χ3v) is 3.33. The molecular weight excluding hydrogens is 198 g/mol. The fourth-order valence-corrected chi connectivity index (χ4v) is 2.38. The molecule has 0 aromatic heterocycles. The summed E-state index contributed by atoms with van der Waals surface area (Å²) in [5.74, 6) is 0.954. The second kappa shape index (κ2) is 3.41. The van der Waals surface area contributed by atoms with Gasteiger partial charge in [-0.05, 0) is 17.4 Å². The van der Waals surface area contributed by atoms with Gasteiger partial charge in [0.15, 0.2) is 0 Å². The molecule has 1 fully saturated rings. The minimum absolute atomic E-state index is 0.00433. The fraction of sp³-hybridized carbons (Fsp3) is 0.571. The van der Waals surface area contributed by atoms with Crippen LogP contribution < -0.4 is 5.73 Å². The van der Waals surface area contributed by atoms with Crippen LogP contribution in [0.15, 0.2) is 35.3 Å². The summed E-state index contributed by atoms with van der Waals surface area (Å²) in [6.45, 7) is 9.67. The first-order chi connectivity index (χ1) is 7.30. The Labute approximate surface area is 97.9 Å². The molecule has 2 rings (SSSR count). The van der Waals surface area contributed by atoms with Crippen LogP contribution in [0.4, 0.5) is 0 Å². The van der Waals surface area contributed by atoms with E-state index in [0.29, 0.717) is 0 Å². The van der Waals surface area contributed by atoms with E-state index in [1.54, 1.807) is 0 Å². The van der Waals surface area contributed by atoms with Gasteiger partial charge in [0.1, 0.15) is 5.76 Å². The number of allylic oxidation sites excluding steroid dienone is 4. The average Bonchev–Trinajstić information content (AvgIpc) is 2.20. The monoisotopic (exact) mass is 219 g/mol. The SMILES string of the molecule is CC1(C)C=C(N)C=C2OCCC(C)(C)C2=C1. The highest BCUT2D eigenvalue weighted by Crippen LogP contribution is 2.43. The molecule has 2 nitrogen and oxygen atoms in total. The van der Waals surface area contributed by atoms with Crippen molar-refractivity contribution in [1.82, 2.24) is 0 Å². The van der Waals surface area contributed by atoms with Crippen LogP contribution in [0, 0.1) is 10.8 Å². The third-order valence-electron chi connectivity index (χ3n) is 3.33. The molecular formula is C14H21NO. The maximum atomic E-state index is 5.98. The average molecular weight is 219 g/mol. The van der Waals surface area contributed by atoms with E-state index >= 15 is 0 Å². The number of rotatable bonds is 0. The lowest BCUT2D eigenvalue weighted by molar-refractivity contribution is 0.136. The minimum Gasteiger partial charge on any atom is -0.493 e. The van der Waals surface area contributed by atoms with Gasteiger partial charge in [-0.25, -0.2) is 0 Å². The topological polar surface area (TPSA) is 35.2 Å². The first-order valence-electron chi connectivity index (χ1n) is 5.87. The molecule has 0 saturated carbocycles. The highest BCUT2D eigenvalue weighted by Gasteiger charge is 2.34. The summed E-state index contributed by atoms with van der Waals surface area (Å²) >= 11 is 0. The number of ether oxygens (including phenoxy) is 1. The number of hydrogen-bond acceptors (Lipinski definition) is 2. The molecule has 2 aliphatic rings. The molecule has 16 heavy (non-hydrogen) atoms. The Morgan fingerprint density at radius 3 is 2.56 bits per heavy atom. The standard InChI is InChI=1S/C14H21NO/c1-13(2)8-10(15)7-12-11(9-13)14(3,4)5-6-16-12/h7-9H,5-6,15H2,1-4H3. The molecule has 0 amide bonds. The molecule has 1 aliphatic carbocycles. The molecule has 0 spiro atoms. The molecule has 0 radical (unpaired) electrons. The molecule has 88 valence electrons. The van der Waals surface area contributed by atoms with Crippen molar-refractivity contribution in [3.63, 3.8) is 0 Å². The van der Waals surface area contributed by atoms with Gasteiger partial charge in [0, 0.05) is 17.2 Å². The summed E-state index contributed by atoms with van der Waals surface area (Å²) in [6, 6.07) is 0. The van der Waals surface area contributed by atoms with Crippen molar-refractivity contribution in [2.45, 2.75) is 34.1 Å². The maximum absolute atomic E-state index is 5.98. The maximum Gasteiger partial charge on any atom is 0.124 e. The quantitative estimate of drug-likeness (QED) is 0.679. The molecule has 0 aromatic rings. The Hall–Kier alpha value is -1.18. The summed E-state index contributed by atoms with van der Waals surface area (Å²) in [5.41, 5.74) is 8.24. The molecule has 1 aliphatic heterocycles. The van der Waals surface area contributed by atoms with Gasteiger partial charge in [0.25, 0.3) is 0 Å². The highest BCUT2D eigenvalue weighted by atomic mass is 16.5. The van der Waals surface area contributed by atoms with E-state index in [1.807, 2.05) is 6.08 Å².